The van der Waals surface area contributed by atoms with Gasteiger partial charge >= 0.3 is 0 Å². The van der Waals surface area contributed by atoms with Gasteiger partial charge in [0.2, 0.25) is 0 Å². The van der Waals surface area contributed by atoms with Gasteiger partial charge in [0, 0.05) is 24.3 Å². The van der Waals surface area contributed by atoms with E-state index in [1.807, 2.05) is 0 Å². The first-order chi connectivity index (χ1) is 9.70. The molecule has 7 heteroatoms. The van der Waals surface area contributed by atoms with E-state index in [2.05, 4.69) is 10.3 Å². The van der Waals surface area contributed by atoms with E-state index in [1.165, 1.54) is 6.20 Å². The summed E-state index contributed by atoms with van der Waals surface area (Å²) in [6, 6.07) is 10.3. The normalized spacial score (nSPS) is 9.62. The number of halogens is 2. The van der Waals surface area contributed by atoms with E-state index < -0.39 is 0 Å². The van der Waals surface area contributed by atoms with E-state index in [1.54, 1.807) is 36.4 Å². The zero-order valence-electron chi connectivity index (χ0n) is 11.1. The van der Waals surface area contributed by atoms with Crippen LogP contribution in [-0.4, -0.2) is 24.0 Å². The second-order valence-corrected chi connectivity index (χ2v) is 4.39. The van der Waals surface area contributed by atoms with E-state index in [0.717, 1.165) is 0 Å². The Morgan fingerprint density at radius 3 is 2.86 bits per heavy atom. The number of nitrogens with one attached hydrogen (secondary N) is 1. The van der Waals surface area contributed by atoms with Crippen LogP contribution in [0.2, 0.25) is 5.02 Å². The average Bonchev–Trinajstić information content (AvgIpc) is 2.45. The molecule has 1 amide bonds. The highest BCUT2D eigenvalue weighted by Crippen LogP contribution is 2.25. The molecule has 0 aliphatic rings. The van der Waals surface area contributed by atoms with Crippen molar-refractivity contribution in [2.75, 3.05) is 13.1 Å². The number of aromatic nitrogens is 1. The van der Waals surface area contributed by atoms with Crippen LogP contribution in [0.15, 0.2) is 42.6 Å². The number of hydrogen-bond donors (Lipinski definition) is 2. The van der Waals surface area contributed by atoms with Gasteiger partial charge in [0.05, 0.1) is 0 Å². The molecule has 2 rings (SSSR count). The smallest absolute Gasteiger partial charge is 0.273 e. The van der Waals surface area contributed by atoms with Crippen molar-refractivity contribution in [3.05, 3.63) is 53.3 Å². The number of amides is 1. The molecule has 5 nitrogen and oxygen atoms in total. The molecule has 1 heterocycles. The fourth-order valence-corrected chi connectivity index (χ4v) is 1.75. The van der Waals surface area contributed by atoms with Crippen LogP contribution in [-0.2, 0) is 0 Å². The summed E-state index contributed by atoms with van der Waals surface area (Å²) in [5.41, 5.74) is 5.56. The van der Waals surface area contributed by atoms with Crippen molar-refractivity contribution in [1.82, 2.24) is 10.3 Å². The maximum absolute atomic E-state index is 11.9. The number of benzene rings is 1. The molecule has 0 spiro atoms. The van der Waals surface area contributed by atoms with Crippen LogP contribution in [0.25, 0.3) is 0 Å². The van der Waals surface area contributed by atoms with Gasteiger partial charge in [-0.15, -0.1) is 12.4 Å². The van der Waals surface area contributed by atoms with Crippen LogP contribution >= 0.6 is 24.0 Å². The number of carbonyl (C=O) groups is 1. The van der Waals surface area contributed by atoms with E-state index >= 15 is 0 Å². The molecular formula is C14H15Cl2N3O2. The van der Waals surface area contributed by atoms with Gasteiger partial charge in [0.15, 0.2) is 11.4 Å². The number of hydrogen-bond acceptors (Lipinski definition) is 4. The van der Waals surface area contributed by atoms with Crippen molar-refractivity contribution in [1.29, 1.82) is 0 Å². The van der Waals surface area contributed by atoms with Crippen LogP contribution in [0.1, 0.15) is 10.5 Å². The first-order valence-corrected chi connectivity index (χ1v) is 6.45. The average molecular weight is 328 g/mol. The van der Waals surface area contributed by atoms with Crippen LogP contribution in [0.3, 0.4) is 0 Å². The van der Waals surface area contributed by atoms with Crippen molar-refractivity contribution in [2.45, 2.75) is 0 Å². The Kier molecular flexibility index (Phi) is 6.94. The van der Waals surface area contributed by atoms with E-state index in [9.17, 15) is 4.79 Å². The summed E-state index contributed by atoms with van der Waals surface area (Å²) < 4.78 is 5.65. The summed E-state index contributed by atoms with van der Waals surface area (Å²) in [7, 11) is 0. The zero-order chi connectivity index (χ0) is 14.4. The minimum absolute atomic E-state index is 0. The number of nitrogens with zero attached hydrogens (tertiary/aromatic N) is 1. The van der Waals surface area contributed by atoms with Gasteiger partial charge in [-0.3, -0.25) is 4.79 Å². The molecule has 0 saturated carbocycles. The van der Waals surface area contributed by atoms with E-state index in [0.29, 0.717) is 29.6 Å². The predicted molar refractivity (Wildman–Crippen MR) is 84.4 cm³/mol. The molecule has 1 aromatic carbocycles. The van der Waals surface area contributed by atoms with Crippen LogP contribution < -0.4 is 15.8 Å². The third-order valence-corrected chi connectivity index (χ3v) is 2.67. The highest BCUT2D eigenvalue weighted by atomic mass is 35.5. The number of ether oxygens (including phenoxy) is 1. The monoisotopic (exact) mass is 327 g/mol. The number of carbonyl (C=O) groups excluding carboxylic acids is 1. The molecule has 0 fully saturated rings. The molecule has 2 aromatic rings. The van der Waals surface area contributed by atoms with E-state index in [-0.39, 0.29) is 24.0 Å². The van der Waals surface area contributed by atoms with Crippen LogP contribution in [0.5, 0.6) is 11.5 Å². The largest absolute Gasteiger partial charge is 0.455 e. The number of pyridine rings is 1. The quantitative estimate of drug-likeness (QED) is 0.884. The fourth-order valence-electron chi connectivity index (χ4n) is 1.57. The van der Waals surface area contributed by atoms with Gasteiger partial charge < -0.3 is 15.8 Å². The van der Waals surface area contributed by atoms with Crippen molar-refractivity contribution in [3.63, 3.8) is 0 Å². The van der Waals surface area contributed by atoms with Crippen LogP contribution in [0.4, 0.5) is 0 Å². The lowest BCUT2D eigenvalue weighted by Gasteiger charge is -2.10. The standard InChI is InChI=1S/C14H14ClN3O2.ClH/c15-10-3-1-4-11(9-10)20-12-5-2-7-17-13(12)14(19)18-8-6-16;/h1-5,7,9H,6,8,16H2,(H,18,19);1H. The maximum Gasteiger partial charge on any atom is 0.273 e. The van der Waals surface area contributed by atoms with Gasteiger partial charge in [-0.2, -0.15) is 0 Å². The highest BCUT2D eigenvalue weighted by molar-refractivity contribution is 6.30. The molecule has 112 valence electrons. The topological polar surface area (TPSA) is 77.2 Å². The Labute approximate surface area is 133 Å². The molecule has 0 aliphatic carbocycles. The summed E-state index contributed by atoms with van der Waals surface area (Å²) in [4.78, 5) is 16.0. The first-order valence-electron chi connectivity index (χ1n) is 6.07. The molecule has 0 bridgehead atoms. The third-order valence-electron chi connectivity index (χ3n) is 2.44. The minimum Gasteiger partial charge on any atom is -0.455 e. The zero-order valence-corrected chi connectivity index (χ0v) is 12.7. The van der Waals surface area contributed by atoms with Gasteiger partial charge in [-0.25, -0.2) is 4.98 Å². The predicted octanol–water partition coefficient (Wildman–Crippen LogP) is 2.64. The summed E-state index contributed by atoms with van der Waals surface area (Å²) in [5.74, 6) is 0.579. The molecule has 1 aromatic heterocycles. The molecule has 0 radical (unpaired) electrons. The molecule has 0 saturated heterocycles. The molecular weight excluding hydrogens is 313 g/mol. The lowest BCUT2D eigenvalue weighted by molar-refractivity contribution is 0.0947. The van der Waals surface area contributed by atoms with Gasteiger partial charge in [0.25, 0.3) is 5.91 Å². The molecule has 0 atom stereocenters. The van der Waals surface area contributed by atoms with Gasteiger partial charge in [0.1, 0.15) is 5.75 Å². The molecule has 0 aliphatic heterocycles. The number of rotatable bonds is 5. The first kappa shape index (κ1) is 17.2. The van der Waals surface area contributed by atoms with Crippen molar-refractivity contribution >= 4 is 29.9 Å². The SMILES string of the molecule is Cl.NCCNC(=O)c1ncccc1Oc1cccc(Cl)c1. The second-order valence-electron chi connectivity index (χ2n) is 3.95. The summed E-state index contributed by atoms with van der Waals surface area (Å²) in [5, 5.41) is 3.21. The summed E-state index contributed by atoms with van der Waals surface area (Å²) in [6.45, 7) is 0.745. The Morgan fingerprint density at radius 2 is 2.14 bits per heavy atom. The Hall–Kier alpha value is -1.82. The second kappa shape index (κ2) is 8.46. The maximum atomic E-state index is 11.9. The van der Waals surface area contributed by atoms with Gasteiger partial charge in [-0.05, 0) is 30.3 Å². The highest BCUT2D eigenvalue weighted by Gasteiger charge is 2.14. The van der Waals surface area contributed by atoms with Gasteiger partial charge in [-0.1, -0.05) is 17.7 Å². The van der Waals surface area contributed by atoms with Crippen molar-refractivity contribution in [2.24, 2.45) is 5.73 Å². The van der Waals surface area contributed by atoms with Crippen LogP contribution in [0, 0.1) is 0 Å². The lowest BCUT2D eigenvalue weighted by Crippen LogP contribution is -2.29. The van der Waals surface area contributed by atoms with Crippen molar-refractivity contribution in [3.8, 4) is 11.5 Å². The Balaban J connectivity index is 0.00000220. The lowest BCUT2D eigenvalue weighted by atomic mass is 10.3. The molecule has 3 N–H and O–H groups in total. The Bertz CT molecular complexity index is 608. The van der Waals surface area contributed by atoms with Crippen molar-refractivity contribution < 1.29 is 9.53 Å². The van der Waals surface area contributed by atoms with E-state index in [4.69, 9.17) is 22.1 Å². The summed E-state index contributed by atoms with van der Waals surface area (Å²) >= 11 is 5.89. The molecule has 21 heavy (non-hydrogen) atoms. The number of nitrogens with two attached hydrogens (primary N) is 1. The Morgan fingerprint density at radius 1 is 1.33 bits per heavy atom. The minimum atomic E-state index is -0.326. The molecule has 0 unspecified atom stereocenters. The summed E-state index contributed by atoms with van der Waals surface area (Å²) in [6.07, 6.45) is 1.53. The fraction of sp³-hybridized carbons (Fsp3) is 0.143. The third kappa shape index (κ3) is 4.90.